The van der Waals surface area contributed by atoms with Gasteiger partial charge in [-0.3, -0.25) is 4.79 Å². The number of amides is 1. The lowest BCUT2D eigenvalue weighted by atomic mass is 10.1. The number of benzene rings is 2. The van der Waals surface area contributed by atoms with Crippen molar-refractivity contribution in [1.82, 2.24) is 4.90 Å². The number of hydrogen-bond acceptors (Lipinski definition) is 4. The molecule has 130 valence electrons. The van der Waals surface area contributed by atoms with Crippen LogP contribution in [0.4, 0.5) is 0 Å². The van der Waals surface area contributed by atoms with E-state index in [0.29, 0.717) is 24.4 Å². The Labute approximate surface area is 146 Å². The maximum absolute atomic E-state index is 12.7. The number of methoxy groups -OCH3 is 1. The fourth-order valence-electron chi connectivity index (χ4n) is 2.82. The van der Waals surface area contributed by atoms with Crippen LogP contribution >= 0.6 is 0 Å². The minimum atomic E-state index is -0.0676. The summed E-state index contributed by atoms with van der Waals surface area (Å²) in [4.78, 5) is 14.4. The summed E-state index contributed by atoms with van der Waals surface area (Å²) in [5, 5.41) is 10.2. The zero-order valence-corrected chi connectivity index (χ0v) is 14.1. The first-order valence-electron chi connectivity index (χ1n) is 8.18. The Balaban J connectivity index is 1.77. The Kier molecular flexibility index (Phi) is 5.36. The highest BCUT2D eigenvalue weighted by Crippen LogP contribution is 2.26. The summed E-state index contributed by atoms with van der Waals surface area (Å²) < 4.78 is 10.7. The Morgan fingerprint density at radius 1 is 1.20 bits per heavy atom. The van der Waals surface area contributed by atoms with E-state index in [2.05, 4.69) is 0 Å². The van der Waals surface area contributed by atoms with Gasteiger partial charge in [-0.15, -0.1) is 0 Å². The van der Waals surface area contributed by atoms with Crippen molar-refractivity contribution >= 4 is 16.9 Å². The number of furan rings is 1. The zero-order chi connectivity index (χ0) is 17.6. The van der Waals surface area contributed by atoms with Crippen LogP contribution in [0.5, 0.6) is 5.75 Å². The molecule has 0 bridgehead atoms. The lowest BCUT2D eigenvalue weighted by Gasteiger charge is -2.21. The van der Waals surface area contributed by atoms with Gasteiger partial charge in [-0.2, -0.15) is 0 Å². The van der Waals surface area contributed by atoms with E-state index >= 15 is 0 Å². The maximum Gasteiger partial charge on any atom is 0.227 e. The van der Waals surface area contributed by atoms with Crippen LogP contribution in [0, 0.1) is 0 Å². The molecule has 0 spiro atoms. The van der Waals surface area contributed by atoms with Crippen LogP contribution in [-0.2, 0) is 17.8 Å². The normalized spacial score (nSPS) is 10.8. The highest BCUT2D eigenvalue weighted by atomic mass is 16.5. The van der Waals surface area contributed by atoms with Crippen LogP contribution in [0.15, 0.2) is 59.2 Å². The first-order chi connectivity index (χ1) is 12.2. The molecule has 0 atom stereocenters. The van der Waals surface area contributed by atoms with E-state index in [0.717, 1.165) is 16.5 Å². The van der Waals surface area contributed by atoms with E-state index in [-0.39, 0.29) is 18.9 Å². The van der Waals surface area contributed by atoms with Gasteiger partial charge in [0.15, 0.2) is 0 Å². The number of rotatable bonds is 7. The summed E-state index contributed by atoms with van der Waals surface area (Å²) in [6.45, 7) is 0.711. The molecule has 0 saturated carbocycles. The van der Waals surface area contributed by atoms with Crippen LogP contribution in [-0.4, -0.2) is 36.2 Å². The highest BCUT2D eigenvalue weighted by molar-refractivity contribution is 5.88. The molecule has 0 aliphatic rings. The van der Waals surface area contributed by atoms with E-state index in [4.69, 9.17) is 9.15 Å². The number of aliphatic hydroxyl groups excluding tert-OH is 1. The van der Waals surface area contributed by atoms with Crippen LogP contribution < -0.4 is 4.74 Å². The smallest absolute Gasteiger partial charge is 0.227 e. The number of carbonyl (C=O) groups excluding carboxylic acids is 1. The maximum atomic E-state index is 12.7. The Morgan fingerprint density at radius 3 is 2.72 bits per heavy atom. The lowest BCUT2D eigenvalue weighted by Crippen LogP contribution is -2.34. The van der Waals surface area contributed by atoms with Crippen molar-refractivity contribution in [2.24, 2.45) is 0 Å². The van der Waals surface area contributed by atoms with Gasteiger partial charge in [0.1, 0.15) is 11.3 Å². The molecule has 25 heavy (non-hydrogen) atoms. The van der Waals surface area contributed by atoms with Crippen LogP contribution in [0.25, 0.3) is 11.0 Å². The summed E-state index contributed by atoms with van der Waals surface area (Å²) >= 11 is 0. The molecule has 5 nitrogen and oxygen atoms in total. The average Bonchev–Trinajstić information content (AvgIpc) is 3.04. The second-order valence-electron chi connectivity index (χ2n) is 5.82. The Bertz CT molecular complexity index is 841. The standard InChI is InChI=1S/C20H21NO4/c1-24-17-7-8-18-16(14-25-19(18)12-17)11-20(23)21(9-10-22)13-15-5-3-2-4-6-15/h2-8,12,14,22H,9-11,13H2,1H3. The van der Waals surface area contributed by atoms with Crippen molar-refractivity contribution in [2.45, 2.75) is 13.0 Å². The molecule has 1 amide bonds. The van der Waals surface area contributed by atoms with E-state index in [9.17, 15) is 9.90 Å². The van der Waals surface area contributed by atoms with E-state index in [1.54, 1.807) is 24.3 Å². The molecule has 3 rings (SSSR count). The summed E-state index contributed by atoms with van der Waals surface area (Å²) in [6.07, 6.45) is 1.84. The lowest BCUT2D eigenvalue weighted by molar-refractivity contribution is -0.131. The van der Waals surface area contributed by atoms with Crippen molar-refractivity contribution in [3.8, 4) is 5.75 Å². The molecule has 1 N–H and O–H groups in total. The molecule has 0 aliphatic heterocycles. The first kappa shape index (κ1) is 17.0. The van der Waals surface area contributed by atoms with Crippen LogP contribution in [0.1, 0.15) is 11.1 Å². The Hall–Kier alpha value is -2.79. The van der Waals surface area contributed by atoms with Crippen molar-refractivity contribution in [3.05, 3.63) is 65.9 Å². The minimum Gasteiger partial charge on any atom is -0.497 e. The van der Waals surface area contributed by atoms with Gasteiger partial charge in [-0.1, -0.05) is 30.3 Å². The van der Waals surface area contributed by atoms with Gasteiger partial charge in [0.2, 0.25) is 5.91 Å². The van der Waals surface area contributed by atoms with Gasteiger partial charge < -0.3 is 19.2 Å². The van der Waals surface area contributed by atoms with Crippen molar-refractivity contribution in [2.75, 3.05) is 20.3 Å². The second kappa shape index (κ2) is 7.85. The summed E-state index contributed by atoms with van der Waals surface area (Å²) in [5.74, 6) is 0.669. The van der Waals surface area contributed by atoms with Crippen LogP contribution in [0.3, 0.4) is 0 Å². The molecule has 0 radical (unpaired) electrons. The molecule has 0 fully saturated rings. The number of ether oxygens (including phenoxy) is 1. The number of carbonyl (C=O) groups is 1. The second-order valence-corrected chi connectivity index (χ2v) is 5.82. The molecule has 1 heterocycles. The van der Waals surface area contributed by atoms with Gasteiger partial charge in [-0.05, 0) is 17.7 Å². The third-order valence-electron chi connectivity index (χ3n) is 4.14. The molecular formula is C20H21NO4. The quantitative estimate of drug-likeness (QED) is 0.719. The van der Waals surface area contributed by atoms with E-state index in [1.807, 2.05) is 42.5 Å². The molecule has 3 aromatic rings. The number of hydrogen-bond donors (Lipinski definition) is 1. The number of nitrogens with zero attached hydrogens (tertiary/aromatic N) is 1. The van der Waals surface area contributed by atoms with Gasteiger partial charge >= 0.3 is 0 Å². The molecular weight excluding hydrogens is 318 g/mol. The van der Waals surface area contributed by atoms with Crippen LogP contribution in [0.2, 0.25) is 0 Å². The van der Waals surface area contributed by atoms with Gasteiger partial charge in [0, 0.05) is 30.1 Å². The summed E-state index contributed by atoms with van der Waals surface area (Å²) in [6, 6.07) is 15.3. The van der Waals surface area contributed by atoms with Gasteiger partial charge in [0.05, 0.1) is 26.4 Å². The summed E-state index contributed by atoms with van der Waals surface area (Å²) in [5.41, 5.74) is 2.56. The van der Waals surface area contributed by atoms with Gasteiger partial charge in [-0.25, -0.2) is 0 Å². The topological polar surface area (TPSA) is 62.9 Å². The molecule has 1 aromatic heterocycles. The molecule has 0 aliphatic carbocycles. The molecule has 0 saturated heterocycles. The molecule has 5 heteroatoms. The minimum absolute atomic E-state index is 0.0450. The van der Waals surface area contributed by atoms with Crippen molar-refractivity contribution in [3.63, 3.8) is 0 Å². The highest BCUT2D eigenvalue weighted by Gasteiger charge is 2.17. The fourth-order valence-corrected chi connectivity index (χ4v) is 2.82. The predicted octanol–water partition coefficient (Wildman–Crippen LogP) is 3.01. The van der Waals surface area contributed by atoms with Crippen molar-refractivity contribution in [1.29, 1.82) is 0 Å². The SMILES string of the molecule is COc1ccc2c(CC(=O)N(CCO)Cc3ccccc3)coc2c1. The Morgan fingerprint density at radius 2 is 2.00 bits per heavy atom. The summed E-state index contributed by atoms with van der Waals surface area (Å²) in [7, 11) is 1.60. The molecule has 0 unspecified atom stereocenters. The number of fused-ring (bicyclic) bond motifs is 1. The predicted molar refractivity (Wildman–Crippen MR) is 95.4 cm³/mol. The monoisotopic (exact) mass is 339 g/mol. The zero-order valence-electron chi connectivity index (χ0n) is 14.1. The average molecular weight is 339 g/mol. The van der Waals surface area contributed by atoms with Gasteiger partial charge in [0.25, 0.3) is 0 Å². The fraction of sp³-hybridized carbons (Fsp3) is 0.250. The third-order valence-corrected chi connectivity index (χ3v) is 4.14. The largest absolute Gasteiger partial charge is 0.497 e. The number of aliphatic hydroxyl groups is 1. The molecule has 2 aromatic carbocycles. The third kappa shape index (κ3) is 4.00. The van der Waals surface area contributed by atoms with E-state index < -0.39 is 0 Å². The first-order valence-corrected chi connectivity index (χ1v) is 8.18. The van der Waals surface area contributed by atoms with Crippen molar-refractivity contribution < 1.29 is 19.1 Å². The van der Waals surface area contributed by atoms with E-state index in [1.165, 1.54) is 0 Å².